The zero-order chi connectivity index (χ0) is 15.2. The van der Waals surface area contributed by atoms with Crippen LogP contribution in [0, 0.1) is 11.8 Å². The van der Waals surface area contributed by atoms with Crippen molar-refractivity contribution in [3.05, 3.63) is 0 Å². The molecule has 0 aromatic heterocycles. The van der Waals surface area contributed by atoms with Crippen LogP contribution in [0.1, 0.15) is 80.1 Å². The van der Waals surface area contributed by atoms with Crippen LogP contribution in [0.25, 0.3) is 0 Å². The summed E-state index contributed by atoms with van der Waals surface area (Å²) in [5, 5.41) is 3.68. The molecule has 0 bridgehead atoms. The van der Waals surface area contributed by atoms with Crippen molar-refractivity contribution >= 4 is 0 Å². The Labute approximate surface area is 127 Å². The van der Waals surface area contributed by atoms with Crippen LogP contribution < -0.4 is 5.32 Å². The van der Waals surface area contributed by atoms with Gasteiger partial charge >= 0.3 is 0 Å². The van der Waals surface area contributed by atoms with Crippen LogP contribution in [-0.2, 0) is 4.74 Å². The largest absolute Gasteiger partial charge is 0.373 e. The van der Waals surface area contributed by atoms with Gasteiger partial charge in [-0.25, -0.2) is 0 Å². The fourth-order valence-electron chi connectivity index (χ4n) is 3.28. The van der Waals surface area contributed by atoms with Crippen molar-refractivity contribution < 1.29 is 4.74 Å². The molecule has 1 aliphatic carbocycles. The molecule has 1 aliphatic rings. The second kappa shape index (κ2) is 7.79. The first-order valence-corrected chi connectivity index (χ1v) is 8.65. The Balaban J connectivity index is 2.59. The van der Waals surface area contributed by atoms with Gasteiger partial charge in [-0.1, -0.05) is 40.0 Å². The fraction of sp³-hybridized carbons (Fsp3) is 1.00. The zero-order valence-electron chi connectivity index (χ0n) is 14.7. The van der Waals surface area contributed by atoms with Crippen molar-refractivity contribution in [3.8, 4) is 0 Å². The van der Waals surface area contributed by atoms with E-state index in [1.54, 1.807) is 0 Å². The summed E-state index contributed by atoms with van der Waals surface area (Å²) in [5.74, 6) is 1.48. The van der Waals surface area contributed by atoms with Crippen molar-refractivity contribution in [2.75, 3.05) is 13.2 Å². The van der Waals surface area contributed by atoms with Crippen LogP contribution >= 0.6 is 0 Å². The molecule has 0 heterocycles. The van der Waals surface area contributed by atoms with Gasteiger partial charge in [0.2, 0.25) is 0 Å². The molecule has 3 unspecified atom stereocenters. The van der Waals surface area contributed by atoms with E-state index in [0.717, 1.165) is 19.1 Å². The van der Waals surface area contributed by atoms with Crippen molar-refractivity contribution in [2.45, 2.75) is 91.2 Å². The van der Waals surface area contributed by atoms with Crippen molar-refractivity contribution in [1.29, 1.82) is 0 Å². The molecular formula is C18H37NO. The maximum atomic E-state index is 6.49. The summed E-state index contributed by atoms with van der Waals surface area (Å²) in [7, 11) is 0. The highest BCUT2D eigenvalue weighted by atomic mass is 16.5. The van der Waals surface area contributed by atoms with E-state index in [2.05, 4.69) is 46.9 Å². The second-order valence-corrected chi connectivity index (χ2v) is 8.19. The Morgan fingerprint density at radius 2 is 2.05 bits per heavy atom. The van der Waals surface area contributed by atoms with Crippen LogP contribution in [-0.4, -0.2) is 24.3 Å². The molecule has 0 spiro atoms. The molecule has 1 N–H and O–H groups in total. The lowest BCUT2D eigenvalue weighted by molar-refractivity contribution is -0.0930. The third-order valence-electron chi connectivity index (χ3n) is 4.45. The Morgan fingerprint density at radius 3 is 2.60 bits per heavy atom. The molecule has 120 valence electrons. The van der Waals surface area contributed by atoms with Gasteiger partial charge in [0.1, 0.15) is 0 Å². The van der Waals surface area contributed by atoms with E-state index in [9.17, 15) is 0 Å². The van der Waals surface area contributed by atoms with Crippen LogP contribution in [0.15, 0.2) is 0 Å². The topological polar surface area (TPSA) is 21.3 Å². The van der Waals surface area contributed by atoms with Crippen LogP contribution in [0.4, 0.5) is 0 Å². The molecule has 0 aliphatic heterocycles. The highest BCUT2D eigenvalue weighted by Gasteiger charge is 2.36. The van der Waals surface area contributed by atoms with E-state index in [0.29, 0.717) is 5.92 Å². The molecule has 0 aromatic carbocycles. The minimum Gasteiger partial charge on any atom is -0.373 e. The van der Waals surface area contributed by atoms with Gasteiger partial charge in [-0.05, 0) is 51.9 Å². The lowest BCUT2D eigenvalue weighted by Crippen LogP contribution is -2.51. The third-order valence-corrected chi connectivity index (χ3v) is 4.45. The van der Waals surface area contributed by atoms with Gasteiger partial charge < -0.3 is 10.1 Å². The van der Waals surface area contributed by atoms with Gasteiger partial charge in [-0.3, -0.25) is 0 Å². The number of ether oxygens (including phenoxy) is 1. The van der Waals surface area contributed by atoms with Crippen LogP contribution in [0.3, 0.4) is 0 Å². The average Bonchev–Trinajstić information content (AvgIpc) is 2.34. The molecule has 2 nitrogen and oxygen atoms in total. The Kier molecular flexibility index (Phi) is 7.00. The van der Waals surface area contributed by atoms with Gasteiger partial charge in [0.05, 0.1) is 5.60 Å². The number of hydrogen-bond acceptors (Lipinski definition) is 2. The molecule has 0 radical (unpaired) electrons. The first-order valence-electron chi connectivity index (χ1n) is 8.65. The second-order valence-electron chi connectivity index (χ2n) is 8.19. The smallest absolute Gasteiger partial charge is 0.0809 e. The summed E-state index contributed by atoms with van der Waals surface area (Å²) in [6.45, 7) is 15.6. The molecular weight excluding hydrogens is 246 g/mol. The summed E-state index contributed by atoms with van der Waals surface area (Å²) in [6.07, 6.45) is 7.65. The molecule has 0 saturated heterocycles. The first-order chi connectivity index (χ1) is 9.26. The number of hydrogen-bond donors (Lipinski definition) is 1. The standard InChI is InChI=1S/C18H37NO/c1-7-9-16(3)13-20-18(14-19-17(4,5)6)11-8-10-15(2)12-18/h15-16,19H,7-14H2,1-6H3. The first kappa shape index (κ1) is 18.0. The normalized spacial score (nSPS) is 29.4. The molecule has 0 aromatic rings. The molecule has 1 fully saturated rings. The monoisotopic (exact) mass is 283 g/mol. The minimum absolute atomic E-state index is 0.0763. The van der Waals surface area contributed by atoms with E-state index < -0.39 is 0 Å². The molecule has 0 amide bonds. The predicted molar refractivity (Wildman–Crippen MR) is 88.1 cm³/mol. The maximum Gasteiger partial charge on any atom is 0.0809 e. The van der Waals surface area contributed by atoms with Gasteiger partial charge in [-0.2, -0.15) is 0 Å². The minimum atomic E-state index is 0.0763. The van der Waals surface area contributed by atoms with Crippen LogP contribution in [0.2, 0.25) is 0 Å². The van der Waals surface area contributed by atoms with E-state index >= 15 is 0 Å². The SMILES string of the molecule is CCCC(C)COC1(CNC(C)(C)C)CCCC(C)C1. The fourth-order valence-corrected chi connectivity index (χ4v) is 3.28. The highest BCUT2D eigenvalue weighted by Crippen LogP contribution is 2.35. The molecule has 20 heavy (non-hydrogen) atoms. The molecule has 3 atom stereocenters. The zero-order valence-corrected chi connectivity index (χ0v) is 14.7. The van der Waals surface area contributed by atoms with Crippen LogP contribution in [0.5, 0.6) is 0 Å². The van der Waals surface area contributed by atoms with Gasteiger partial charge in [-0.15, -0.1) is 0 Å². The maximum absolute atomic E-state index is 6.49. The van der Waals surface area contributed by atoms with E-state index in [1.165, 1.54) is 38.5 Å². The van der Waals surface area contributed by atoms with Crippen molar-refractivity contribution in [2.24, 2.45) is 11.8 Å². The van der Waals surface area contributed by atoms with Crippen molar-refractivity contribution in [1.82, 2.24) is 5.32 Å². The summed E-state index contributed by atoms with van der Waals surface area (Å²) in [4.78, 5) is 0. The lowest BCUT2D eigenvalue weighted by atomic mass is 9.78. The van der Waals surface area contributed by atoms with E-state index in [4.69, 9.17) is 4.74 Å². The lowest BCUT2D eigenvalue weighted by Gasteiger charge is -2.42. The molecule has 2 heteroatoms. The third kappa shape index (κ3) is 6.58. The van der Waals surface area contributed by atoms with E-state index in [-0.39, 0.29) is 11.1 Å². The van der Waals surface area contributed by atoms with Gasteiger partial charge in [0, 0.05) is 18.7 Å². The Morgan fingerprint density at radius 1 is 1.35 bits per heavy atom. The summed E-state index contributed by atoms with van der Waals surface area (Å²) < 4.78 is 6.49. The highest BCUT2D eigenvalue weighted by molar-refractivity contribution is 4.91. The predicted octanol–water partition coefficient (Wildman–Crippen LogP) is 4.78. The molecule has 1 rings (SSSR count). The summed E-state index contributed by atoms with van der Waals surface area (Å²) in [5.41, 5.74) is 0.249. The Hall–Kier alpha value is -0.0800. The molecule has 1 saturated carbocycles. The van der Waals surface area contributed by atoms with Gasteiger partial charge in [0.25, 0.3) is 0 Å². The van der Waals surface area contributed by atoms with Gasteiger partial charge in [0.15, 0.2) is 0 Å². The quantitative estimate of drug-likeness (QED) is 0.726. The number of nitrogens with one attached hydrogen (secondary N) is 1. The Bertz CT molecular complexity index is 271. The number of rotatable bonds is 7. The van der Waals surface area contributed by atoms with Crippen molar-refractivity contribution in [3.63, 3.8) is 0 Å². The average molecular weight is 284 g/mol. The van der Waals surface area contributed by atoms with E-state index in [1.807, 2.05) is 0 Å². The summed E-state index contributed by atoms with van der Waals surface area (Å²) >= 11 is 0. The summed E-state index contributed by atoms with van der Waals surface area (Å²) in [6, 6.07) is 0.